The van der Waals surface area contributed by atoms with Crippen molar-refractivity contribution in [3.05, 3.63) is 28.8 Å². The van der Waals surface area contributed by atoms with Crippen molar-refractivity contribution in [2.24, 2.45) is 5.92 Å². The van der Waals surface area contributed by atoms with Crippen molar-refractivity contribution in [2.45, 2.75) is 13.8 Å². The zero-order chi connectivity index (χ0) is 11.4. The van der Waals surface area contributed by atoms with Crippen LogP contribution in [0.1, 0.15) is 12.5 Å². The normalized spacial score (nSPS) is 12.2. The maximum Gasteiger partial charge on any atom is 0.308 e. The SMILES string of the molecule is Cc1ccc(Cl)c(NCC(C)C(=O)O)c1. The minimum absolute atomic E-state index is 0.374. The Labute approximate surface area is 94.1 Å². The highest BCUT2D eigenvalue weighted by Crippen LogP contribution is 2.22. The quantitative estimate of drug-likeness (QED) is 0.832. The van der Waals surface area contributed by atoms with Gasteiger partial charge in [-0.1, -0.05) is 24.6 Å². The van der Waals surface area contributed by atoms with E-state index in [0.29, 0.717) is 11.6 Å². The first-order valence-corrected chi connectivity index (χ1v) is 5.11. The van der Waals surface area contributed by atoms with Gasteiger partial charge in [0, 0.05) is 6.54 Å². The van der Waals surface area contributed by atoms with E-state index >= 15 is 0 Å². The van der Waals surface area contributed by atoms with Gasteiger partial charge in [-0.3, -0.25) is 4.79 Å². The number of benzene rings is 1. The molecule has 1 unspecified atom stereocenters. The van der Waals surface area contributed by atoms with Gasteiger partial charge in [-0.2, -0.15) is 0 Å². The van der Waals surface area contributed by atoms with Gasteiger partial charge >= 0.3 is 5.97 Å². The number of anilines is 1. The van der Waals surface area contributed by atoms with Crippen molar-refractivity contribution in [1.82, 2.24) is 0 Å². The van der Waals surface area contributed by atoms with E-state index in [9.17, 15) is 4.79 Å². The average molecular weight is 228 g/mol. The van der Waals surface area contributed by atoms with Gasteiger partial charge in [-0.15, -0.1) is 0 Å². The third-order valence-corrected chi connectivity index (χ3v) is 2.47. The summed E-state index contributed by atoms with van der Waals surface area (Å²) in [7, 11) is 0. The second-order valence-electron chi connectivity index (χ2n) is 3.60. The molecule has 1 rings (SSSR count). The molecule has 0 radical (unpaired) electrons. The fourth-order valence-electron chi connectivity index (χ4n) is 1.12. The predicted octanol–water partition coefficient (Wildman–Crippen LogP) is 2.78. The molecular weight excluding hydrogens is 214 g/mol. The highest BCUT2D eigenvalue weighted by molar-refractivity contribution is 6.33. The average Bonchev–Trinajstić information content (AvgIpc) is 2.18. The van der Waals surface area contributed by atoms with Gasteiger partial charge in [0.1, 0.15) is 0 Å². The molecule has 0 saturated heterocycles. The lowest BCUT2D eigenvalue weighted by atomic mass is 10.1. The van der Waals surface area contributed by atoms with E-state index in [-0.39, 0.29) is 0 Å². The van der Waals surface area contributed by atoms with Crippen LogP contribution in [0.15, 0.2) is 18.2 Å². The summed E-state index contributed by atoms with van der Waals surface area (Å²) in [5.74, 6) is -1.24. The molecule has 0 aliphatic heterocycles. The molecule has 1 atom stereocenters. The Morgan fingerprint density at radius 1 is 1.60 bits per heavy atom. The van der Waals surface area contributed by atoms with Gasteiger partial charge in [-0.05, 0) is 24.6 Å². The highest BCUT2D eigenvalue weighted by Gasteiger charge is 2.10. The first-order valence-electron chi connectivity index (χ1n) is 4.73. The van der Waals surface area contributed by atoms with Crippen LogP contribution in [-0.2, 0) is 4.79 Å². The lowest BCUT2D eigenvalue weighted by Gasteiger charge is -2.11. The van der Waals surface area contributed by atoms with Crippen molar-refractivity contribution in [3.8, 4) is 0 Å². The van der Waals surface area contributed by atoms with Crippen LogP contribution in [-0.4, -0.2) is 17.6 Å². The number of carboxylic acid groups (broad SMARTS) is 1. The molecule has 82 valence electrons. The fraction of sp³-hybridized carbons (Fsp3) is 0.364. The molecular formula is C11H14ClNO2. The second-order valence-corrected chi connectivity index (χ2v) is 4.01. The maximum absolute atomic E-state index is 10.6. The molecule has 0 aromatic heterocycles. The molecule has 0 amide bonds. The number of aryl methyl sites for hydroxylation is 1. The molecule has 1 aromatic rings. The van der Waals surface area contributed by atoms with Crippen LogP contribution in [0.2, 0.25) is 5.02 Å². The van der Waals surface area contributed by atoms with E-state index < -0.39 is 11.9 Å². The lowest BCUT2D eigenvalue weighted by molar-refractivity contribution is -0.140. The van der Waals surface area contributed by atoms with Crippen LogP contribution in [0.5, 0.6) is 0 Å². The van der Waals surface area contributed by atoms with Gasteiger partial charge < -0.3 is 10.4 Å². The van der Waals surface area contributed by atoms with Crippen LogP contribution in [0.25, 0.3) is 0 Å². The molecule has 2 N–H and O–H groups in total. The summed E-state index contributed by atoms with van der Waals surface area (Å²) in [5, 5.41) is 12.3. The van der Waals surface area contributed by atoms with Gasteiger partial charge in [0.2, 0.25) is 0 Å². The highest BCUT2D eigenvalue weighted by atomic mass is 35.5. The minimum atomic E-state index is -0.814. The topological polar surface area (TPSA) is 49.3 Å². The summed E-state index contributed by atoms with van der Waals surface area (Å²) in [4.78, 5) is 10.6. The predicted molar refractivity (Wildman–Crippen MR) is 61.5 cm³/mol. The number of hydrogen-bond acceptors (Lipinski definition) is 2. The Bertz CT molecular complexity index is 366. The van der Waals surface area contributed by atoms with E-state index in [1.807, 2.05) is 19.1 Å². The first-order chi connectivity index (χ1) is 7.00. The third kappa shape index (κ3) is 3.44. The second kappa shape index (κ2) is 5.03. The molecule has 1 aromatic carbocycles. The van der Waals surface area contributed by atoms with Gasteiger partial charge in [-0.25, -0.2) is 0 Å². The molecule has 0 aliphatic carbocycles. The van der Waals surface area contributed by atoms with Gasteiger partial charge in [0.15, 0.2) is 0 Å². The van der Waals surface area contributed by atoms with E-state index in [1.54, 1.807) is 13.0 Å². The number of carbonyl (C=O) groups is 1. The monoisotopic (exact) mass is 227 g/mol. The molecule has 3 nitrogen and oxygen atoms in total. The van der Waals surface area contributed by atoms with Crippen molar-refractivity contribution in [1.29, 1.82) is 0 Å². The molecule has 0 bridgehead atoms. The van der Waals surface area contributed by atoms with Crippen LogP contribution >= 0.6 is 11.6 Å². The summed E-state index contributed by atoms with van der Waals surface area (Å²) in [6, 6.07) is 5.61. The molecule has 0 spiro atoms. The Hall–Kier alpha value is -1.22. The standard InChI is InChI=1S/C11H14ClNO2/c1-7-3-4-9(12)10(5-7)13-6-8(2)11(14)15/h3-5,8,13H,6H2,1-2H3,(H,14,15). The van der Waals surface area contributed by atoms with Gasteiger partial charge in [0.25, 0.3) is 0 Å². The molecule has 15 heavy (non-hydrogen) atoms. The summed E-state index contributed by atoms with van der Waals surface area (Å²) in [6.07, 6.45) is 0. The Morgan fingerprint density at radius 2 is 2.27 bits per heavy atom. The van der Waals surface area contributed by atoms with Crippen LogP contribution < -0.4 is 5.32 Å². The summed E-state index contributed by atoms with van der Waals surface area (Å²) >= 11 is 5.95. The number of halogens is 1. The number of aliphatic carboxylic acids is 1. The largest absolute Gasteiger partial charge is 0.481 e. The van der Waals surface area contributed by atoms with E-state index in [4.69, 9.17) is 16.7 Å². The van der Waals surface area contributed by atoms with E-state index in [0.717, 1.165) is 11.3 Å². The molecule has 0 heterocycles. The smallest absolute Gasteiger partial charge is 0.308 e. The van der Waals surface area contributed by atoms with Crippen molar-refractivity contribution >= 4 is 23.3 Å². The zero-order valence-corrected chi connectivity index (χ0v) is 9.51. The van der Waals surface area contributed by atoms with Gasteiger partial charge in [0.05, 0.1) is 16.6 Å². The number of hydrogen-bond donors (Lipinski definition) is 2. The number of carboxylic acids is 1. The summed E-state index contributed by atoms with van der Waals surface area (Å²) in [6.45, 7) is 3.99. The van der Waals surface area contributed by atoms with E-state index in [1.165, 1.54) is 0 Å². The molecule has 0 saturated carbocycles. The lowest BCUT2D eigenvalue weighted by Crippen LogP contribution is -2.19. The fourth-order valence-corrected chi connectivity index (χ4v) is 1.31. The third-order valence-electron chi connectivity index (χ3n) is 2.14. The maximum atomic E-state index is 10.6. The molecule has 0 aliphatic rings. The Morgan fingerprint density at radius 3 is 2.87 bits per heavy atom. The van der Waals surface area contributed by atoms with Crippen molar-refractivity contribution in [2.75, 3.05) is 11.9 Å². The Kier molecular flexibility index (Phi) is 3.97. The molecule has 4 heteroatoms. The minimum Gasteiger partial charge on any atom is -0.481 e. The van der Waals surface area contributed by atoms with Crippen LogP contribution in [0.4, 0.5) is 5.69 Å². The van der Waals surface area contributed by atoms with Crippen LogP contribution in [0, 0.1) is 12.8 Å². The Balaban J connectivity index is 2.65. The van der Waals surface area contributed by atoms with E-state index in [2.05, 4.69) is 5.32 Å². The van der Waals surface area contributed by atoms with Crippen molar-refractivity contribution in [3.63, 3.8) is 0 Å². The zero-order valence-electron chi connectivity index (χ0n) is 8.75. The molecule has 0 fully saturated rings. The number of rotatable bonds is 4. The first kappa shape index (κ1) is 11.9. The van der Waals surface area contributed by atoms with Crippen LogP contribution in [0.3, 0.4) is 0 Å². The summed E-state index contributed by atoms with van der Waals surface area (Å²) in [5.41, 5.74) is 1.87. The summed E-state index contributed by atoms with van der Waals surface area (Å²) < 4.78 is 0. The number of nitrogens with one attached hydrogen (secondary N) is 1. The van der Waals surface area contributed by atoms with Crippen molar-refractivity contribution < 1.29 is 9.90 Å².